The van der Waals surface area contributed by atoms with Gasteiger partial charge in [-0.1, -0.05) is 35.5 Å². The third kappa shape index (κ3) is 3.17. The van der Waals surface area contributed by atoms with E-state index in [1.807, 2.05) is 43.3 Å². The first-order valence-corrected chi connectivity index (χ1v) is 8.35. The van der Waals surface area contributed by atoms with Crippen LogP contribution in [0.3, 0.4) is 0 Å². The number of amides is 1. The number of benzene rings is 1. The second kappa shape index (κ2) is 6.16. The maximum Gasteiger partial charge on any atom is 0.270 e. The maximum absolute atomic E-state index is 12.5. The summed E-state index contributed by atoms with van der Waals surface area (Å²) in [6, 6.07) is 11.0. The van der Waals surface area contributed by atoms with E-state index in [2.05, 4.69) is 20.6 Å². The van der Waals surface area contributed by atoms with Crippen molar-refractivity contribution in [2.24, 2.45) is 7.05 Å². The molecular weight excluding hydrogens is 318 g/mol. The number of carbonyl (C=O) groups excluding carboxylic acids is 1. The number of aryl methyl sites for hydroxylation is 1. The van der Waals surface area contributed by atoms with Crippen molar-refractivity contribution in [3.05, 3.63) is 53.7 Å². The van der Waals surface area contributed by atoms with E-state index in [1.54, 1.807) is 11.7 Å². The summed E-state index contributed by atoms with van der Waals surface area (Å²) in [5.74, 6) is 1.19. The van der Waals surface area contributed by atoms with Crippen LogP contribution in [0.2, 0.25) is 0 Å². The highest BCUT2D eigenvalue weighted by Crippen LogP contribution is 2.39. The van der Waals surface area contributed by atoms with E-state index in [-0.39, 0.29) is 5.91 Å². The summed E-state index contributed by atoms with van der Waals surface area (Å²) in [6.07, 6.45) is 2.30. The van der Waals surface area contributed by atoms with Gasteiger partial charge in [0.25, 0.3) is 5.91 Å². The summed E-state index contributed by atoms with van der Waals surface area (Å²) in [4.78, 5) is 16.9. The van der Waals surface area contributed by atoms with Crippen molar-refractivity contribution >= 4 is 5.91 Å². The normalized spacial score (nSPS) is 15.1. The van der Waals surface area contributed by atoms with E-state index in [1.165, 1.54) is 0 Å². The molecule has 2 aromatic heterocycles. The quantitative estimate of drug-likeness (QED) is 0.774. The van der Waals surface area contributed by atoms with Gasteiger partial charge in [-0.15, -0.1) is 0 Å². The van der Waals surface area contributed by atoms with Gasteiger partial charge in [0.05, 0.1) is 5.69 Å². The molecule has 1 aromatic carbocycles. The fraction of sp³-hybridized carbons (Fsp3) is 0.333. The molecule has 0 bridgehead atoms. The molecule has 25 heavy (non-hydrogen) atoms. The monoisotopic (exact) mass is 337 g/mol. The number of nitrogens with one attached hydrogen (secondary N) is 1. The average Bonchev–Trinajstić information content (AvgIpc) is 3.21. The van der Waals surface area contributed by atoms with E-state index < -0.39 is 6.04 Å². The molecule has 0 radical (unpaired) electrons. The van der Waals surface area contributed by atoms with Gasteiger partial charge in [-0.2, -0.15) is 10.1 Å². The SMILES string of the molecule is C[C@@H](NC(=O)c1cc(C2CC2)nn1C)c1nc(-c2ccccc2)no1. The molecule has 7 heteroatoms. The van der Waals surface area contributed by atoms with E-state index in [0.717, 1.165) is 24.1 Å². The Morgan fingerprint density at radius 2 is 2.08 bits per heavy atom. The molecule has 1 N–H and O–H groups in total. The summed E-state index contributed by atoms with van der Waals surface area (Å²) in [5.41, 5.74) is 2.40. The lowest BCUT2D eigenvalue weighted by atomic mass is 10.2. The standard InChI is InChI=1S/C18H19N5O2/c1-11(18-20-16(22-25-18)13-6-4-3-5-7-13)19-17(24)15-10-14(12-8-9-12)21-23(15)2/h3-7,10-12H,8-9H2,1-2H3,(H,19,24)/t11-/m1/s1. The molecule has 128 valence electrons. The van der Waals surface area contributed by atoms with Gasteiger partial charge >= 0.3 is 0 Å². The highest BCUT2D eigenvalue weighted by Gasteiger charge is 2.28. The average molecular weight is 337 g/mol. The minimum absolute atomic E-state index is 0.200. The fourth-order valence-electron chi connectivity index (χ4n) is 2.73. The Hall–Kier alpha value is -2.96. The van der Waals surface area contributed by atoms with Crippen LogP contribution in [0, 0.1) is 0 Å². The van der Waals surface area contributed by atoms with Crippen molar-refractivity contribution in [3.8, 4) is 11.4 Å². The van der Waals surface area contributed by atoms with Crippen LogP contribution in [0.1, 0.15) is 53.8 Å². The summed E-state index contributed by atoms with van der Waals surface area (Å²) >= 11 is 0. The largest absolute Gasteiger partial charge is 0.339 e. The topological polar surface area (TPSA) is 85.8 Å². The molecule has 1 atom stereocenters. The number of hydrogen-bond donors (Lipinski definition) is 1. The zero-order chi connectivity index (χ0) is 17.4. The van der Waals surface area contributed by atoms with Gasteiger partial charge in [0.15, 0.2) is 0 Å². The van der Waals surface area contributed by atoms with Gasteiger partial charge in [0.2, 0.25) is 11.7 Å². The lowest BCUT2D eigenvalue weighted by Crippen LogP contribution is -2.28. The molecule has 7 nitrogen and oxygen atoms in total. The van der Waals surface area contributed by atoms with Crippen LogP contribution in [-0.4, -0.2) is 25.8 Å². The molecule has 3 aromatic rings. The van der Waals surface area contributed by atoms with Gasteiger partial charge in [0, 0.05) is 18.5 Å². The third-order valence-corrected chi connectivity index (χ3v) is 4.32. The van der Waals surface area contributed by atoms with Crippen LogP contribution in [0.15, 0.2) is 40.9 Å². The van der Waals surface area contributed by atoms with E-state index in [4.69, 9.17) is 4.52 Å². The number of nitrogens with zero attached hydrogens (tertiary/aromatic N) is 4. The Balaban J connectivity index is 1.47. The molecule has 0 spiro atoms. The Bertz CT molecular complexity index is 895. The van der Waals surface area contributed by atoms with Crippen molar-refractivity contribution in [1.29, 1.82) is 0 Å². The van der Waals surface area contributed by atoms with Gasteiger partial charge in [-0.25, -0.2) is 0 Å². The number of carbonyl (C=O) groups is 1. The third-order valence-electron chi connectivity index (χ3n) is 4.32. The lowest BCUT2D eigenvalue weighted by Gasteiger charge is -2.09. The van der Waals surface area contributed by atoms with E-state index in [0.29, 0.717) is 23.3 Å². The zero-order valence-corrected chi connectivity index (χ0v) is 14.1. The predicted molar refractivity (Wildman–Crippen MR) is 90.8 cm³/mol. The van der Waals surface area contributed by atoms with E-state index in [9.17, 15) is 4.79 Å². The summed E-state index contributed by atoms with van der Waals surface area (Å²) < 4.78 is 6.93. The van der Waals surface area contributed by atoms with Crippen molar-refractivity contribution in [1.82, 2.24) is 25.2 Å². The summed E-state index contributed by atoms with van der Waals surface area (Å²) in [7, 11) is 1.78. The lowest BCUT2D eigenvalue weighted by molar-refractivity contribution is 0.0923. The second-order valence-corrected chi connectivity index (χ2v) is 6.37. The number of rotatable bonds is 5. The molecule has 1 aliphatic carbocycles. The summed E-state index contributed by atoms with van der Waals surface area (Å²) in [5, 5.41) is 11.3. The first-order chi connectivity index (χ1) is 12.1. The van der Waals surface area contributed by atoms with E-state index >= 15 is 0 Å². The van der Waals surface area contributed by atoms with Crippen LogP contribution in [0.4, 0.5) is 0 Å². The first kappa shape index (κ1) is 15.6. The zero-order valence-electron chi connectivity index (χ0n) is 14.1. The highest BCUT2D eigenvalue weighted by atomic mass is 16.5. The molecule has 0 unspecified atom stereocenters. The van der Waals surface area contributed by atoms with Crippen LogP contribution in [-0.2, 0) is 7.05 Å². The predicted octanol–water partition coefficient (Wildman–Crippen LogP) is 2.84. The van der Waals surface area contributed by atoms with Crippen molar-refractivity contribution in [3.63, 3.8) is 0 Å². The van der Waals surface area contributed by atoms with Crippen LogP contribution in [0.5, 0.6) is 0 Å². The molecule has 0 saturated heterocycles. The minimum atomic E-state index is -0.392. The van der Waals surface area contributed by atoms with Crippen LogP contribution < -0.4 is 5.32 Å². The Morgan fingerprint density at radius 1 is 1.32 bits per heavy atom. The molecule has 2 heterocycles. The molecular formula is C18H19N5O2. The van der Waals surface area contributed by atoms with Gasteiger partial charge in [0.1, 0.15) is 11.7 Å². The Kier molecular flexibility index (Phi) is 3.83. The van der Waals surface area contributed by atoms with Crippen molar-refractivity contribution in [2.45, 2.75) is 31.7 Å². The molecule has 1 amide bonds. The van der Waals surface area contributed by atoms with Crippen LogP contribution >= 0.6 is 0 Å². The van der Waals surface area contributed by atoms with Crippen LogP contribution in [0.25, 0.3) is 11.4 Å². The minimum Gasteiger partial charge on any atom is -0.339 e. The van der Waals surface area contributed by atoms with Crippen molar-refractivity contribution in [2.75, 3.05) is 0 Å². The molecule has 1 fully saturated rings. The molecule has 0 aliphatic heterocycles. The van der Waals surface area contributed by atoms with Gasteiger partial charge < -0.3 is 9.84 Å². The molecule has 1 saturated carbocycles. The Labute approximate surface area is 145 Å². The summed E-state index contributed by atoms with van der Waals surface area (Å²) in [6.45, 7) is 1.82. The van der Waals surface area contributed by atoms with Gasteiger partial charge in [-0.3, -0.25) is 9.48 Å². The van der Waals surface area contributed by atoms with Crippen molar-refractivity contribution < 1.29 is 9.32 Å². The van der Waals surface area contributed by atoms with Gasteiger partial charge in [-0.05, 0) is 25.8 Å². The maximum atomic E-state index is 12.5. The fourth-order valence-corrected chi connectivity index (χ4v) is 2.73. The Morgan fingerprint density at radius 3 is 2.80 bits per heavy atom. The highest BCUT2D eigenvalue weighted by molar-refractivity contribution is 5.92. The number of hydrogen-bond acceptors (Lipinski definition) is 5. The number of aromatic nitrogens is 4. The smallest absolute Gasteiger partial charge is 0.270 e. The first-order valence-electron chi connectivity index (χ1n) is 8.35. The molecule has 1 aliphatic rings. The second-order valence-electron chi connectivity index (χ2n) is 6.37. The molecule has 4 rings (SSSR count).